The molecule has 2 rings (SSSR count). The highest BCUT2D eigenvalue weighted by atomic mass is 35.5. The Kier molecular flexibility index (Phi) is 4.40. The molecule has 92 valence electrons. The first kappa shape index (κ1) is 13.1. The van der Waals surface area contributed by atoms with Crippen molar-refractivity contribution in [2.45, 2.75) is 11.8 Å². The van der Waals surface area contributed by atoms with Crippen LogP contribution in [-0.2, 0) is 6.42 Å². The number of Topliss-reactive ketones (excluding diaryl/α,β-unsaturated/α-hetero) is 1. The summed E-state index contributed by atoms with van der Waals surface area (Å²) in [5.74, 6) is -0.0489. The summed E-state index contributed by atoms with van der Waals surface area (Å²) in [6, 6.07) is 16.5. The molecule has 0 fully saturated rings. The van der Waals surface area contributed by atoms with Crippen molar-refractivity contribution in [3.05, 3.63) is 70.7 Å². The molecule has 2 aromatic carbocycles. The molecule has 0 saturated carbocycles. The Morgan fingerprint density at radius 3 is 2.22 bits per heavy atom. The molecule has 18 heavy (non-hydrogen) atoms. The second kappa shape index (κ2) is 6.03. The molecule has 1 atom stereocenters. The molecule has 0 aromatic heterocycles. The quantitative estimate of drug-likeness (QED) is 0.600. The minimum Gasteiger partial charge on any atom is -0.292 e. The molecule has 0 amide bonds. The number of hydrogen-bond acceptors (Lipinski definition) is 1. The van der Waals surface area contributed by atoms with Gasteiger partial charge in [-0.25, -0.2) is 0 Å². The van der Waals surface area contributed by atoms with E-state index in [2.05, 4.69) is 0 Å². The molecule has 3 heteroatoms. The third-order valence-electron chi connectivity index (χ3n) is 2.67. The molecule has 0 aliphatic heterocycles. The van der Waals surface area contributed by atoms with Crippen LogP contribution in [0.4, 0.5) is 0 Å². The van der Waals surface area contributed by atoms with Gasteiger partial charge in [-0.1, -0.05) is 54.1 Å². The van der Waals surface area contributed by atoms with Gasteiger partial charge in [0.05, 0.1) is 0 Å². The summed E-state index contributed by atoms with van der Waals surface area (Å²) in [6.45, 7) is 0. The lowest BCUT2D eigenvalue weighted by molar-refractivity contribution is 0.0986. The SMILES string of the molecule is O=C(c1ccccc1)C(Cl)Cc1ccc(Cl)cc1. The number of hydrogen-bond donors (Lipinski definition) is 0. The van der Waals surface area contributed by atoms with Gasteiger partial charge in [-0.3, -0.25) is 4.79 Å². The summed E-state index contributed by atoms with van der Waals surface area (Å²) in [4.78, 5) is 12.1. The van der Waals surface area contributed by atoms with E-state index in [0.717, 1.165) is 5.56 Å². The lowest BCUT2D eigenvalue weighted by Gasteiger charge is -2.08. The van der Waals surface area contributed by atoms with Gasteiger partial charge in [0.25, 0.3) is 0 Å². The van der Waals surface area contributed by atoms with Crippen molar-refractivity contribution in [2.75, 3.05) is 0 Å². The van der Waals surface area contributed by atoms with E-state index in [1.807, 2.05) is 30.3 Å². The van der Waals surface area contributed by atoms with Crippen LogP contribution in [0, 0.1) is 0 Å². The van der Waals surface area contributed by atoms with E-state index in [4.69, 9.17) is 23.2 Å². The van der Waals surface area contributed by atoms with Crippen molar-refractivity contribution in [2.24, 2.45) is 0 Å². The molecule has 0 N–H and O–H groups in total. The summed E-state index contributed by atoms with van der Waals surface area (Å²) >= 11 is 12.0. The number of benzene rings is 2. The summed E-state index contributed by atoms with van der Waals surface area (Å²) in [7, 11) is 0. The number of alkyl halides is 1. The Morgan fingerprint density at radius 1 is 1.00 bits per heavy atom. The van der Waals surface area contributed by atoms with Crippen LogP contribution in [-0.4, -0.2) is 11.2 Å². The zero-order valence-electron chi connectivity index (χ0n) is 9.64. The molecule has 0 aliphatic rings. The fraction of sp³-hybridized carbons (Fsp3) is 0.133. The maximum Gasteiger partial charge on any atom is 0.180 e. The zero-order chi connectivity index (χ0) is 13.0. The smallest absolute Gasteiger partial charge is 0.180 e. The fourth-order valence-corrected chi connectivity index (χ4v) is 2.13. The van der Waals surface area contributed by atoms with E-state index in [1.165, 1.54) is 0 Å². The van der Waals surface area contributed by atoms with E-state index >= 15 is 0 Å². The normalized spacial score (nSPS) is 12.1. The lowest BCUT2D eigenvalue weighted by Crippen LogP contribution is -2.17. The van der Waals surface area contributed by atoms with Crippen LogP contribution in [0.3, 0.4) is 0 Å². The van der Waals surface area contributed by atoms with Crippen molar-refractivity contribution in [1.82, 2.24) is 0 Å². The second-order valence-corrected chi connectivity index (χ2v) is 4.99. The average Bonchev–Trinajstić information content (AvgIpc) is 2.41. The minimum absolute atomic E-state index is 0.0489. The second-order valence-electron chi connectivity index (χ2n) is 4.03. The van der Waals surface area contributed by atoms with Crippen molar-refractivity contribution in [1.29, 1.82) is 0 Å². The first-order valence-corrected chi connectivity index (χ1v) is 6.46. The third-order valence-corrected chi connectivity index (χ3v) is 3.28. The van der Waals surface area contributed by atoms with Crippen LogP contribution in [0.5, 0.6) is 0 Å². The molecule has 0 aliphatic carbocycles. The van der Waals surface area contributed by atoms with Gasteiger partial charge in [-0.15, -0.1) is 11.6 Å². The molecular weight excluding hydrogens is 267 g/mol. The third kappa shape index (κ3) is 3.34. The van der Waals surface area contributed by atoms with Crippen LogP contribution < -0.4 is 0 Å². The molecule has 2 aromatic rings. The predicted molar refractivity (Wildman–Crippen MR) is 75.6 cm³/mol. The van der Waals surface area contributed by atoms with Crippen molar-refractivity contribution >= 4 is 29.0 Å². The molecule has 0 spiro atoms. The van der Waals surface area contributed by atoms with E-state index < -0.39 is 5.38 Å². The van der Waals surface area contributed by atoms with E-state index in [1.54, 1.807) is 24.3 Å². The van der Waals surface area contributed by atoms with Gasteiger partial charge in [0, 0.05) is 10.6 Å². The highest BCUT2D eigenvalue weighted by Crippen LogP contribution is 2.16. The van der Waals surface area contributed by atoms with Gasteiger partial charge in [0.2, 0.25) is 0 Å². The largest absolute Gasteiger partial charge is 0.292 e. The lowest BCUT2D eigenvalue weighted by atomic mass is 10.0. The number of rotatable bonds is 4. The van der Waals surface area contributed by atoms with Gasteiger partial charge in [0.1, 0.15) is 5.38 Å². The summed E-state index contributed by atoms with van der Waals surface area (Å²) in [5, 5.41) is 0.132. The van der Waals surface area contributed by atoms with Crippen molar-refractivity contribution in [3.63, 3.8) is 0 Å². The summed E-state index contributed by atoms with van der Waals surface area (Å²) < 4.78 is 0. The highest BCUT2D eigenvalue weighted by molar-refractivity contribution is 6.34. The van der Waals surface area contributed by atoms with E-state index in [0.29, 0.717) is 17.0 Å². The van der Waals surface area contributed by atoms with Crippen molar-refractivity contribution < 1.29 is 4.79 Å². The molecule has 1 nitrogen and oxygen atoms in total. The first-order chi connectivity index (χ1) is 8.66. The zero-order valence-corrected chi connectivity index (χ0v) is 11.2. The van der Waals surface area contributed by atoms with Crippen LogP contribution in [0.1, 0.15) is 15.9 Å². The fourth-order valence-electron chi connectivity index (χ4n) is 1.70. The molecule has 0 heterocycles. The summed E-state index contributed by atoms with van der Waals surface area (Å²) in [6.07, 6.45) is 0.506. The van der Waals surface area contributed by atoms with Crippen LogP contribution in [0.15, 0.2) is 54.6 Å². The first-order valence-electron chi connectivity index (χ1n) is 5.64. The van der Waals surface area contributed by atoms with Crippen molar-refractivity contribution in [3.8, 4) is 0 Å². The average molecular weight is 279 g/mol. The number of ketones is 1. The van der Waals surface area contributed by atoms with Gasteiger partial charge in [0.15, 0.2) is 5.78 Å². The molecule has 0 saturated heterocycles. The maximum absolute atomic E-state index is 12.1. The Balaban J connectivity index is 2.06. The highest BCUT2D eigenvalue weighted by Gasteiger charge is 2.17. The number of carbonyl (C=O) groups is 1. The van der Waals surface area contributed by atoms with Gasteiger partial charge in [-0.05, 0) is 24.1 Å². The Morgan fingerprint density at radius 2 is 1.61 bits per heavy atom. The van der Waals surface area contributed by atoms with Crippen LogP contribution in [0.2, 0.25) is 5.02 Å². The predicted octanol–water partition coefficient (Wildman–Crippen LogP) is 4.37. The molecule has 0 bridgehead atoms. The van der Waals surface area contributed by atoms with E-state index in [-0.39, 0.29) is 5.78 Å². The standard InChI is InChI=1S/C15H12Cl2O/c16-13-8-6-11(7-9-13)10-14(17)15(18)12-4-2-1-3-5-12/h1-9,14H,10H2. The van der Waals surface area contributed by atoms with Gasteiger partial charge in [-0.2, -0.15) is 0 Å². The van der Waals surface area contributed by atoms with Crippen LogP contribution >= 0.6 is 23.2 Å². The topological polar surface area (TPSA) is 17.1 Å². The monoisotopic (exact) mass is 278 g/mol. The Hall–Kier alpha value is -1.31. The van der Waals surface area contributed by atoms with E-state index in [9.17, 15) is 4.79 Å². The van der Waals surface area contributed by atoms with Crippen LogP contribution in [0.25, 0.3) is 0 Å². The Bertz CT molecular complexity index is 520. The van der Waals surface area contributed by atoms with Gasteiger partial charge >= 0.3 is 0 Å². The summed E-state index contributed by atoms with van der Waals surface area (Å²) in [5.41, 5.74) is 1.65. The maximum atomic E-state index is 12.1. The number of carbonyl (C=O) groups excluding carboxylic acids is 1. The van der Waals surface area contributed by atoms with Gasteiger partial charge < -0.3 is 0 Å². The molecule has 1 unspecified atom stereocenters. The Labute approximate surface area is 116 Å². The molecular formula is C15H12Cl2O. The molecule has 0 radical (unpaired) electrons. The minimum atomic E-state index is -0.548. The number of halogens is 2.